The fraction of sp³-hybridized carbons (Fsp3) is 0.571. The van der Waals surface area contributed by atoms with Crippen molar-refractivity contribution >= 4 is 17.5 Å². The zero-order chi connectivity index (χ0) is 8.27. The first-order valence-corrected chi connectivity index (χ1v) is 3.57. The molecule has 0 unspecified atom stereocenters. The van der Waals surface area contributed by atoms with Gasteiger partial charge in [0.15, 0.2) is 0 Å². The van der Waals surface area contributed by atoms with Gasteiger partial charge in [-0.05, 0) is 12.8 Å². The second-order valence-corrected chi connectivity index (χ2v) is 2.47. The number of hydrogen-bond donors (Lipinski definition) is 1. The summed E-state index contributed by atoms with van der Waals surface area (Å²) in [7, 11) is 0. The molecule has 0 radical (unpaired) electrons. The molecular formula is C7H9NO3. The van der Waals surface area contributed by atoms with Crippen molar-refractivity contribution in [1.29, 1.82) is 0 Å². The molecule has 0 atom stereocenters. The van der Waals surface area contributed by atoms with Crippen molar-refractivity contribution in [3.8, 4) is 0 Å². The Kier molecular flexibility index (Phi) is 2.36. The van der Waals surface area contributed by atoms with E-state index in [-0.39, 0.29) is 6.42 Å². The number of rotatable bonds is 0. The van der Waals surface area contributed by atoms with Crippen molar-refractivity contribution in [2.75, 3.05) is 6.54 Å². The molecule has 0 spiro atoms. The summed E-state index contributed by atoms with van der Waals surface area (Å²) < 4.78 is 0. The molecule has 11 heavy (non-hydrogen) atoms. The van der Waals surface area contributed by atoms with Crippen molar-refractivity contribution in [2.45, 2.75) is 19.3 Å². The van der Waals surface area contributed by atoms with Gasteiger partial charge in [-0.1, -0.05) is 0 Å². The van der Waals surface area contributed by atoms with E-state index in [1.807, 2.05) is 0 Å². The Balaban J connectivity index is 2.64. The standard InChI is InChI=1S/C7H9NO3/c9-5-3-1-2-4-8-7(11)6(5)10/h1-4H2,(H,8,11). The lowest BCUT2D eigenvalue weighted by Gasteiger charge is -2.06. The van der Waals surface area contributed by atoms with Crippen molar-refractivity contribution in [3.63, 3.8) is 0 Å². The van der Waals surface area contributed by atoms with Gasteiger partial charge in [0.2, 0.25) is 5.78 Å². The molecule has 0 aromatic heterocycles. The van der Waals surface area contributed by atoms with Gasteiger partial charge in [-0.3, -0.25) is 14.4 Å². The number of hydrogen-bond acceptors (Lipinski definition) is 3. The summed E-state index contributed by atoms with van der Waals surface area (Å²) in [5.41, 5.74) is 0. The molecule has 1 rings (SSSR count). The van der Waals surface area contributed by atoms with Crippen LogP contribution in [0.25, 0.3) is 0 Å². The number of carbonyl (C=O) groups excluding carboxylic acids is 3. The van der Waals surface area contributed by atoms with E-state index in [0.29, 0.717) is 13.0 Å². The zero-order valence-electron chi connectivity index (χ0n) is 6.05. The largest absolute Gasteiger partial charge is 0.349 e. The van der Waals surface area contributed by atoms with E-state index in [1.165, 1.54) is 0 Å². The highest BCUT2D eigenvalue weighted by atomic mass is 16.2. The summed E-state index contributed by atoms with van der Waals surface area (Å²) >= 11 is 0. The maximum Gasteiger partial charge on any atom is 0.295 e. The molecule has 1 N–H and O–H groups in total. The van der Waals surface area contributed by atoms with Gasteiger partial charge in [0, 0.05) is 13.0 Å². The summed E-state index contributed by atoms with van der Waals surface area (Å²) in [4.78, 5) is 32.2. The lowest BCUT2D eigenvalue weighted by atomic mass is 10.1. The number of Topliss-reactive ketones (excluding diaryl/α,β-unsaturated/α-hetero) is 2. The Bertz CT molecular complexity index is 190. The molecule has 1 aliphatic heterocycles. The minimum absolute atomic E-state index is 0.215. The van der Waals surface area contributed by atoms with Crippen LogP contribution in [0.15, 0.2) is 0 Å². The maximum atomic E-state index is 10.8. The normalized spacial score (nSPS) is 20.5. The highest BCUT2D eigenvalue weighted by molar-refractivity contribution is 6.63. The van der Waals surface area contributed by atoms with Crippen molar-refractivity contribution in [2.24, 2.45) is 0 Å². The fourth-order valence-electron chi connectivity index (χ4n) is 0.933. The summed E-state index contributed by atoms with van der Waals surface area (Å²) in [5, 5.41) is 2.36. The topological polar surface area (TPSA) is 63.2 Å². The van der Waals surface area contributed by atoms with Gasteiger partial charge in [0.1, 0.15) is 0 Å². The van der Waals surface area contributed by atoms with Crippen LogP contribution < -0.4 is 5.32 Å². The zero-order valence-corrected chi connectivity index (χ0v) is 6.05. The van der Waals surface area contributed by atoms with Crippen LogP contribution in [0.4, 0.5) is 0 Å². The molecule has 0 aromatic carbocycles. The molecule has 4 nitrogen and oxygen atoms in total. The fourth-order valence-corrected chi connectivity index (χ4v) is 0.933. The van der Waals surface area contributed by atoms with Crippen LogP contribution in [-0.2, 0) is 14.4 Å². The highest BCUT2D eigenvalue weighted by Gasteiger charge is 2.22. The predicted octanol–water partition coefficient (Wildman–Crippen LogP) is -0.575. The van der Waals surface area contributed by atoms with Gasteiger partial charge in [-0.15, -0.1) is 0 Å². The molecule has 0 saturated carbocycles. The lowest BCUT2D eigenvalue weighted by Crippen LogP contribution is -2.37. The predicted molar refractivity (Wildman–Crippen MR) is 36.9 cm³/mol. The van der Waals surface area contributed by atoms with E-state index in [1.54, 1.807) is 0 Å². The average molecular weight is 155 g/mol. The minimum atomic E-state index is -0.898. The smallest absolute Gasteiger partial charge is 0.295 e. The van der Waals surface area contributed by atoms with Crippen LogP contribution in [-0.4, -0.2) is 24.0 Å². The number of nitrogens with one attached hydrogen (secondary N) is 1. The molecule has 1 fully saturated rings. The van der Waals surface area contributed by atoms with Crippen LogP contribution in [0.2, 0.25) is 0 Å². The Morgan fingerprint density at radius 1 is 1.09 bits per heavy atom. The van der Waals surface area contributed by atoms with Crippen LogP contribution in [0.1, 0.15) is 19.3 Å². The summed E-state index contributed by atoms with van der Waals surface area (Å²) in [6.45, 7) is 0.498. The Hall–Kier alpha value is -1.19. The molecule has 0 aliphatic carbocycles. The number of amides is 1. The van der Waals surface area contributed by atoms with Crippen molar-refractivity contribution < 1.29 is 14.4 Å². The summed E-state index contributed by atoms with van der Waals surface area (Å²) in [6.07, 6.45) is 1.67. The Morgan fingerprint density at radius 2 is 1.82 bits per heavy atom. The highest BCUT2D eigenvalue weighted by Crippen LogP contribution is 1.99. The van der Waals surface area contributed by atoms with Gasteiger partial charge in [-0.25, -0.2) is 0 Å². The molecule has 1 amide bonds. The van der Waals surface area contributed by atoms with Gasteiger partial charge in [-0.2, -0.15) is 0 Å². The quantitative estimate of drug-likeness (QED) is 0.476. The van der Waals surface area contributed by atoms with E-state index in [9.17, 15) is 14.4 Å². The van der Waals surface area contributed by atoms with E-state index >= 15 is 0 Å². The van der Waals surface area contributed by atoms with Crippen LogP contribution in [0.5, 0.6) is 0 Å². The second-order valence-electron chi connectivity index (χ2n) is 2.47. The third-order valence-corrected chi connectivity index (χ3v) is 1.58. The monoisotopic (exact) mass is 155 g/mol. The van der Waals surface area contributed by atoms with Gasteiger partial charge >= 0.3 is 0 Å². The summed E-state index contributed by atoms with van der Waals surface area (Å²) in [5.74, 6) is -2.22. The SMILES string of the molecule is O=C1CCCCNC(=O)C1=O. The van der Waals surface area contributed by atoms with Crippen molar-refractivity contribution in [1.82, 2.24) is 5.32 Å². The number of ketones is 2. The molecule has 0 aromatic rings. The van der Waals surface area contributed by atoms with Gasteiger partial charge in [0.25, 0.3) is 11.7 Å². The van der Waals surface area contributed by atoms with E-state index in [0.717, 1.165) is 6.42 Å². The first-order valence-electron chi connectivity index (χ1n) is 3.57. The van der Waals surface area contributed by atoms with Crippen LogP contribution in [0, 0.1) is 0 Å². The van der Waals surface area contributed by atoms with E-state index in [4.69, 9.17) is 0 Å². The molecule has 60 valence electrons. The number of carbonyl (C=O) groups is 3. The molecule has 1 saturated heterocycles. The Labute approximate surface area is 64.0 Å². The first-order chi connectivity index (χ1) is 5.22. The Morgan fingerprint density at radius 3 is 2.55 bits per heavy atom. The lowest BCUT2D eigenvalue weighted by molar-refractivity contribution is -0.145. The van der Waals surface area contributed by atoms with E-state index in [2.05, 4.69) is 5.32 Å². The van der Waals surface area contributed by atoms with Crippen molar-refractivity contribution in [3.05, 3.63) is 0 Å². The summed E-state index contributed by atoms with van der Waals surface area (Å²) in [6, 6.07) is 0. The molecule has 1 aliphatic rings. The van der Waals surface area contributed by atoms with E-state index < -0.39 is 17.5 Å². The van der Waals surface area contributed by atoms with Crippen LogP contribution in [0.3, 0.4) is 0 Å². The molecule has 0 bridgehead atoms. The minimum Gasteiger partial charge on any atom is -0.349 e. The maximum absolute atomic E-state index is 10.8. The second kappa shape index (κ2) is 3.27. The van der Waals surface area contributed by atoms with Crippen LogP contribution >= 0.6 is 0 Å². The molecule has 4 heteroatoms. The third kappa shape index (κ3) is 1.86. The van der Waals surface area contributed by atoms with Gasteiger partial charge < -0.3 is 5.32 Å². The third-order valence-electron chi connectivity index (χ3n) is 1.58. The average Bonchev–Trinajstić information content (AvgIpc) is 2.00. The molecule has 1 heterocycles. The van der Waals surface area contributed by atoms with Gasteiger partial charge in [0.05, 0.1) is 0 Å². The first kappa shape index (κ1) is 7.91. The molecular weight excluding hydrogens is 146 g/mol.